The Bertz CT molecular complexity index is 355. The van der Waals surface area contributed by atoms with Crippen molar-refractivity contribution in [2.45, 2.75) is 58.9 Å². The molecule has 1 aliphatic rings. The third-order valence-corrected chi connectivity index (χ3v) is 3.56. The summed E-state index contributed by atoms with van der Waals surface area (Å²) in [5.41, 5.74) is -1.24. The zero-order valence-corrected chi connectivity index (χ0v) is 11.0. The largest absolute Gasteiger partial charge is 0.274 e. The molecule has 1 fully saturated rings. The van der Waals surface area contributed by atoms with Gasteiger partial charge in [-0.25, -0.2) is 0 Å². The molecule has 0 spiro atoms. The molecule has 1 rings (SSSR count). The van der Waals surface area contributed by atoms with Crippen molar-refractivity contribution in [1.82, 2.24) is 4.90 Å². The summed E-state index contributed by atoms with van der Waals surface area (Å²) < 4.78 is 0. The van der Waals surface area contributed by atoms with Gasteiger partial charge in [-0.15, -0.1) is 0 Å². The molecule has 0 aromatic carbocycles. The normalized spacial score (nSPS) is 20.3. The van der Waals surface area contributed by atoms with Gasteiger partial charge >= 0.3 is 0 Å². The van der Waals surface area contributed by atoms with Gasteiger partial charge in [-0.2, -0.15) is 5.26 Å². The van der Waals surface area contributed by atoms with Crippen molar-refractivity contribution in [3.05, 3.63) is 0 Å². The summed E-state index contributed by atoms with van der Waals surface area (Å²) >= 11 is 0. The van der Waals surface area contributed by atoms with Crippen molar-refractivity contribution in [2.75, 3.05) is 0 Å². The minimum absolute atomic E-state index is 0.212. The monoisotopic (exact) mass is 236 g/mol. The van der Waals surface area contributed by atoms with Gasteiger partial charge in [0.15, 0.2) is 0 Å². The second-order valence-electron chi connectivity index (χ2n) is 5.49. The first-order valence-electron chi connectivity index (χ1n) is 6.09. The Labute approximate surface area is 103 Å². The van der Waals surface area contributed by atoms with Gasteiger partial charge in [-0.05, 0) is 18.3 Å². The number of carbonyl (C=O) groups excluding carboxylic acids is 2. The number of imide groups is 1. The molecular formula is C13H20N2O2. The molecule has 1 aliphatic heterocycles. The Morgan fingerprint density at radius 1 is 1.24 bits per heavy atom. The second-order valence-corrected chi connectivity index (χ2v) is 5.49. The summed E-state index contributed by atoms with van der Waals surface area (Å²) in [5.74, 6) is -0.423. The zero-order chi connectivity index (χ0) is 13.3. The van der Waals surface area contributed by atoms with Crippen molar-refractivity contribution in [1.29, 1.82) is 5.26 Å². The van der Waals surface area contributed by atoms with Crippen LogP contribution in [0.15, 0.2) is 0 Å². The van der Waals surface area contributed by atoms with Gasteiger partial charge < -0.3 is 0 Å². The van der Waals surface area contributed by atoms with Gasteiger partial charge in [0.2, 0.25) is 11.8 Å². The topological polar surface area (TPSA) is 61.2 Å². The van der Waals surface area contributed by atoms with Crippen LogP contribution in [0, 0.1) is 16.7 Å². The van der Waals surface area contributed by atoms with E-state index in [2.05, 4.69) is 6.07 Å². The fourth-order valence-electron chi connectivity index (χ4n) is 2.43. The summed E-state index contributed by atoms with van der Waals surface area (Å²) in [6.07, 6.45) is 1.64. The van der Waals surface area contributed by atoms with Crippen molar-refractivity contribution >= 4 is 11.8 Å². The Kier molecular flexibility index (Phi) is 3.61. The SMILES string of the molecule is CCC(C#N)(CC)N1C(=O)CC(C)(C)CC1=O. The molecule has 17 heavy (non-hydrogen) atoms. The Balaban J connectivity index is 3.11. The predicted octanol–water partition coefficient (Wildman–Crippen LogP) is 2.24. The molecule has 2 amide bonds. The fraction of sp³-hybridized carbons (Fsp3) is 0.769. The first kappa shape index (κ1) is 13.7. The highest BCUT2D eigenvalue weighted by atomic mass is 16.2. The van der Waals surface area contributed by atoms with Gasteiger partial charge in [0.25, 0.3) is 0 Å². The molecule has 0 aromatic heterocycles. The highest BCUT2D eigenvalue weighted by molar-refractivity contribution is 5.99. The van der Waals surface area contributed by atoms with Gasteiger partial charge in [-0.3, -0.25) is 14.5 Å². The fourth-order valence-corrected chi connectivity index (χ4v) is 2.43. The van der Waals surface area contributed by atoms with E-state index in [0.717, 1.165) is 0 Å². The molecule has 0 unspecified atom stereocenters. The van der Waals surface area contributed by atoms with Crippen LogP contribution >= 0.6 is 0 Å². The average Bonchev–Trinajstić information content (AvgIpc) is 2.22. The Hall–Kier alpha value is -1.37. The molecule has 1 saturated heterocycles. The molecule has 4 nitrogen and oxygen atoms in total. The minimum atomic E-state index is -0.954. The first-order valence-corrected chi connectivity index (χ1v) is 6.09. The van der Waals surface area contributed by atoms with Gasteiger partial charge in [-0.1, -0.05) is 27.7 Å². The quantitative estimate of drug-likeness (QED) is 0.706. The maximum Gasteiger partial charge on any atom is 0.231 e. The highest BCUT2D eigenvalue weighted by Gasteiger charge is 2.47. The van der Waals surface area contributed by atoms with Crippen molar-refractivity contribution in [3.8, 4) is 6.07 Å². The van der Waals surface area contributed by atoms with E-state index in [-0.39, 0.29) is 17.2 Å². The van der Waals surface area contributed by atoms with E-state index in [1.54, 1.807) is 0 Å². The zero-order valence-electron chi connectivity index (χ0n) is 11.0. The maximum atomic E-state index is 12.1. The molecule has 0 radical (unpaired) electrons. The van der Waals surface area contributed by atoms with E-state index < -0.39 is 5.54 Å². The number of rotatable bonds is 3. The van der Waals surface area contributed by atoms with Crippen LogP contribution in [0.5, 0.6) is 0 Å². The molecule has 0 saturated carbocycles. The van der Waals surface area contributed by atoms with Gasteiger partial charge in [0.1, 0.15) is 5.54 Å². The van der Waals surface area contributed by atoms with Crippen molar-refractivity contribution in [3.63, 3.8) is 0 Å². The number of piperidine rings is 1. The standard InChI is InChI=1S/C13H20N2O2/c1-5-13(6-2,9-14)15-10(16)7-12(3,4)8-11(15)17/h5-8H2,1-4H3. The Morgan fingerprint density at radius 3 is 1.94 bits per heavy atom. The molecule has 0 N–H and O–H groups in total. The number of nitrogens with zero attached hydrogens (tertiary/aromatic N) is 2. The molecule has 0 atom stereocenters. The lowest BCUT2D eigenvalue weighted by Crippen LogP contribution is -2.57. The van der Waals surface area contributed by atoms with E-state index >= 15 is 0 Å². The van der Waals surface area contributed by atoms with Crippen LogP contribution in [0.2, 0.25) is 0 Å². The lowest BCUT2D eigenvalue weighted by atomic mass is 9.79. The third kappa shape index (κ3) is 2.33. The smallest absolute Gasteiger partial charge is 0.231 e. The van der Waals surface area contributed by atoms with Crippen LogP contribution in [0.4, 0.5) is 0 Å². The molecular weight excluding hydrogens is 216 g/mol. The second kappa shape index (κ2) is 4.48. The van der Waals surface area contributed by atoms with Gasteiger partial charge in [0.05, 0.1) is 6.07 Å². The molecule has 94 valence electrons. The molecule has 0 aromatic rings. The molecule has 1 heterocycles. The van der Waals surface area contributed by atoms with Crippen LogP contribution in [0.3, 0.4) is 0 Å². The van der Waals surface area contributed by atoms with E-state index in [4.69, 9.17) is 0 Å². The van der Waals surface area contributed by atoms with E-state index in [9.17, 15) is 14.9 Å². The summed E-state index contributed by atoms with van der Waals surface area (Å²) in [6, 6.07) is 2.16. The summed E-state index contributed by atoms with van der Waals surface area (Å²) in [4.78, 5) is 25.4. The number of likely N-dealkylation sites (tertiary alicyclic amines) is 1. The minimum Gasteiger partial charge on any atom is -0.274 e. The van der Waals surface area contributed by atoms with E-state index in [1.165, 1.54) is 4.90 Å². The van der Waals surface area contributed by atoms with Crippen LogP contribution in [-0.4, -0.2) is 22.3 Å². The van der Waals surface area contributed by atoms with Crippen LogP contribution in [-0.2, 0) is 9.59 Å². The van der Waals surface area contributed by atoms with Gasteiger partial charge in [0, 0.05) is 12.8 Å². The van der Waals surface area contributed by atoms with Crippen molar-refractivity contribution in [2.24, 2.45) is 5.41 Å². The highest BCUT2D eigenvalue weighted by Crippen LogP contribution is 2.36. The number of nitriles is 1. The number of amides is 2. The Morgan fingerprint density at radius 2 is 1.65 bits per heavy atom. The molecule has 0 aliphatic carbocycles. The van der Waals surface area contributed by atoms with Crippen LogP contribution in [0.1, 0.15) is 53.4 Å². The lowest BCUT2D eigenvalue weighted by molar-refractivity contribution is -0.158. The molecule has 0 bridgehead atoms. The third-order valence-electron chi connectivity index (χ3n) is 3.56. The average molecular weight is 236 g/mol. The first-order chi connectivity index (χ1) is 7.82. The van der Waals surface area contributed by atoms with E-state index in [0.29, 0.717) is 25.7 Å². The van der Waals surface area contributed by atoms with Crippen molar-refractivity contribution < 1.29 is 9.59 Å². The summed E-state index contributed by atoms with van der Waals surface area (Å²) in [6.45, 7) is 7.50. The molecule has 4 heteroatoms. The number of hydrogen-bond donors (Lipinski definition) is 0. The number of hydrogen-bond acceptors (Lipinski definition) is 3. The van der Waals surface area contributed by atoms with Crippen LogP contribution < -0.4 is 0 Å². The number of carbonyl (C=O) groups is 2. The predicted molar refractivity (Wildman–Crippen MR) is 63.8 cm³/mol. The summed E-state index contributed by atoms with van der Waals surface area (Å²) in [7, 11) is 0. The van der Waals surface area contributed by atoms with Crippen LogP contribution in [0.25, 0.3) is 0 Å². The summed E-state index contributed by atoms with van der Waals surface area (Å²) in [5, 5.41) is 9.30. The maximum absolute atomic E-state index is 12.1. The van der Waals surface area contributed by atoms with E-state index in [1.807, 2.05) is 27.7 Å². The lowest BCUT2D eigenvalue weighted by Gasteiger charge is -2.42.